The average molecular weight is 413 g/mol. The highest BCUT2D eigenvalue weighted by atomic mass is 19.4. The molecule has 3 heterocycles. The Hall–Kier alpha value is -1.67. The normalized spacial score (nSPS) is 23.0. The molecule has 2 unspecified atom stereocenters. The summed E-state index contributed by atoms with van der Waals surface area (Å²) in [6.45, 7) is 12.5. The molecular weight excluding hydrogens is 381 g/mol. The summed E-state index contributed by atoms with van der Waals surface area (Å²) in [5.74, 6) is 1.83. The van der Waals surface area contributed by atoms with Gasteiger partial charge in [-0.25, -0.2) is 4.98 Å². The molecule has 0 aliphatic carbocycles. The predicted octanol–water partition coefficient (Wildman–Crippen LogP) is 3.36. The number of halogens is 3. The summed E-state index contributed by atoms with van der Waals surface area (Å²) < 4.78 is 39.0. The fourth-order valence-corrected chi connectivity index (χ4v) is 4.57. The molecule has 29 heavy (non-hydrogen) atoms. The number of anilines is 1. The van der Waals surface area contributed by atoms with Crippen LogP contribution >= 0.6 is 0 Å². The number of amides is 1. The first-order valence-electron chi connectivity index (χ1n) is 10.5. The van der Waals surface area contributed by atoms with Crippen molar-refractivity contribution in [3.63, 3.8) is 0 Å². The van der Waals surface area contributed by atoms with Crippen LogP contribution in [0.4, 0.5) is 19.0 Å². The van der Waals surface area contributed by atoms with E-state index < -0.39 is 11.9 Å². The largest absolute Gasteiger partial charge is 0.433 e. The molecule has 1 aromatic heterocycles. The van der Waals surface area contributed by atoms with Gasteiger partial charge < -0.3 is 9.80 Å². The van der Waals surface area contributed by atoms with E-state index in [0.29, 0.717) is 30.8 Å². The minimum absolute atomic E-state index is 0.0779. The van der Waals surface area contributed by atoms with Crippen LogP contribution in [0.2, 0.25) is 0 Å². The summed E-state index contributed by atoms with van der Waals surface area (Å²) in [5, 5.41) is 0. The van der Waals surface area contributed by atoms with Gasteiger partial charge in [0.25, 0.3) is 0 Å². The molecule has 2 fully saturated rings. The summed E-state index contributed by atoms with van der Waals surface area (Å²) in [7, 11) is 0. The van der Waals surface area contributed by atoms with Gasteiger partial charge in [-0.15, -0.1) is 0 Å². The predicted molar refractivity (Wildman–Crippen MR) is 107 cm³/mol. The summed E-state index contributed by atoms with van der Waals surface area (Å²) in [6.07, 6.45) is -4.29. The minimum atomic E-state index is -4.52. The second kappa shape index (κ2) is 9.00. The number of alkyl halides is 3. The van der Waals surface area contributed by atoms with Gasteiger partial charge in [-0.1, -0.05) is 26.8 Å². The van der Waals surface area contributed by atoms with E-state index in [0.717, 1.165) is 38.8 Å². The van der Waals surface area contributed by atoms with Gasteiger partial charge in [0.15, 0.2) is 0 Å². The maximum Gasteiger partial charge on any atom is 0.433 e. The lowest BCUT2D eigenvalue weighted by molar-refractivity contribution is -0.141. The molecule has 2 aliphatic heterocycles. The third-order valence-electron chi connectivity index (χ3n) is 5.81. The zero-order chi connectivity index (χ0) is 21.2. The number of carbonyl (C=O) groups excluding carboxylic acids is 1. The van der Waals surface area contributed by atoms with Crippen molar-refractivity contribution in [2.75, 3.05) is 50.7 Å². The standard InChI is InChI=1S/C21H31F3N4O/c1-4-20(29)28(19-7-5-6-18(25-19)21(22,23)24)9-8-26-11-16-13-27(10-15(2)3)14-17(16)12-26/h5-7,15-17H,4,8-14H2,1-3H3. The SMILES string of the molecule is CCC(=O)N(CCN1CC2CN(CC(C)C)CC2C1)c1cccc(C(F)(F)F)n1. The number of carbonyl (C=O) groups is 1. The molecule has 5 nitrogen and oxygen atoms in total. The molecule has 0 spiro atoms. The Bertz CT molecular complexity index is 695. The van der Waals surface area contributed by atoms with E-state index in [-0.39, 0.29) is 18.1 Å². The number of hydrogen-bond donors (Lipinski definition) is 0. The summed E-state index contributed by atoms with van der Waals surface area (Å²) in [5.41, 5.74) is -0.968. The summed E-state index contributed by atoms with van der Waals surface area (Å²) in [6, 6.07) is 3.72. The molecule has 0 radical (unpaired) electrons. The third kappa shape index (κ3) is 5.48. The lowest BCUT2D eigenvalue weighted by Crippen LogP contribution is -2.39. The molecular formula is C21H31F3N4O. The van der Waals surface area contributed by atoms with Crippen LogP contribution in [0.3, 0.4) is 0 Å². The highest BCUT2D eigenvalue weighted by Crippen LogP contribution is 2.32. The second-order valence-electron chi connectivity index (χ2n) is 8.67. The Labute approximate surface area is 170 Å². The number of pyridine rings is 1. The van der Waals surface area contributed by atoms with Crippen LogP contribution in [0.25, 0.3) is 0 Å². The maximum atomic E-state index is 13.0. The first-order chi connectivity index (χ1) is 13.7. The number of rotatable bonds is 7. The fraction of sp³-hybridized carbons (Fsp3) is 0.714. The van der Waals surface area contributed by atoms with Crippen molar-refractivity contribution in [2.24, 2.45) is 17.8 Å². The number of hydrogen-bond acceptors (Lipinski definition) is 4. The second-order valence-corrected chi connectivity index (χ2v) is 8.67. The van der Waals surface area contributed by atoms with Crippen LogP contribution in [-0.4, -0.2) is 66.5 Å². The summed E-state index contributed by atoms with van der Waals surface area (Å²) >= 11 is 0. The van der Waals surface area contributed by atoms with Gasteiger partial charge in [0.05, 0.1) is 0 Å². The van der Waals surface area contributed by atoms with E-state index in [1.54, 1.807) is 6.92 Å². The van der Waals surface area contributed by atoms with Crippen molar-refractivity contribution in [3.8, 4) is 0 Å². The van der Waals surface area contributed by atoms with E-state index in [4.69, 9.17) is 0 Å². The van der Waals surface area contributed by atoms with Gasteiger partial charge in [-0.05, 0) is 29.9 Å². The Balaban J connectivity index is 1.60. The van der Waals surface area contributed by atoms with Crippen molar-refractivity contribution in [1.82, 2.24) is 14.8 Å². The zero-order valence-electron chi connectivity index (χ0n) is 17.5. The molecule has 2 saturated heterocycles. The topological polar surface area (TPSA) is 39.7 Å². The molecule has 3 rings (SSSR count). The number of likely N-dealkylation sites (tertiary alicyclic amines) is 2. The van der Waals surface area contributed by atoms with Crippen molar-refractivity contribution >= 4 is 11.7 Å². The molecule has 8 heteroatoms. The third-order valence-corrected chi connectivity index (χ3v) is 5.81. The molecule has 0 N–H and O–H groups in total. The molecule has 0 aromatic carbocycles. The van der Waals surface area contributed by atoms with Crippen LogP contribution in [0.1, 0.15) is 32.9 Å². The zero-order valence-corrected chi connectivity index (χ0v) is 17.5. The Morgan fingerprint density at radius 2 is 1.79 bits per heavy atom. The van der Waals surface area contributed by atoms with Gasteiger partial charge in [-0.2, -0.15) is 13.2 Å². The first-order valence-corrected chi connectivity index (χ1v) is 10.5. The van der Waals surface area contributed by atoms with Crippen molar-refractivity contribution in [3.05, 3.63) is 23.9 Å². The van der Waals surface area contributed by atoms with Gasteiger partial charge in [0.2, 0.25) is 5.91 Å². The summed E-state index contributed by atoms with van der Waals surface area (Å²) in [4.78, 5) is 22.4. The van der Waals surface area contributed by atoms with E-state index in [1.807, 2.05) is 0 Å². The van der Waals surface area contributed by atoms with Gasteiger partial charge in [0.1, 0.15) is 11.5 Å². The minimum Gasteiger partial charge on any atom is -0.302 e. The molecule has 162 valence electrons. The molecule has 1 amide bonds. The van der Waals surface area contributed by atoms with E-state index in [1.165, 1.54) is 17.0 Å². The maximum absolute atomic E-state index is 13.0. The fourth-order valence-electron chi connectivity index (χ4n) is 4.57. The van der Waals surface area contributed by atoms with Crippen LogP contribution in [0, 0.1) is 17.8 Å². The Kier molecular flexibility index (Phi) is 6.83. The van der Waals surface area contributed by atoms with Gasteiger partial charge in [0, 0.05) is 52.2 Å². The highest BCUT2D eigenvalue weighted by Gasteiger charge is 2.40. The highest BCUT2D eigenvalue weighted by molar-refractivity contribution is 5.92. The quantitative estimate of drug-likeness (QED) is 0.689. The molecule has 0 bridgehead atoms. The van der Waals surface area contributed by atoms with Gasteiger partial charge >= 0.3 is 6.18 Å². The molecule has 1 aromatic rings. The Morgan fingerprint density at radius 3 is 2.34 bits per heavy atom. The van der Waals surface area contributed by atoms with Crippen molar-refractivity contribution < 1.29 is 18.0 Å². The number of fused-ring (bicyclic) bond motifs is 1. The monoisotopic (exact) mass is 412 g/mol. The molecule has 0 saturated carbocycles. The molecule has 2 aliphatic rings. The van der Waals surface area contributed by atoms with Crippen molar-refractivity contribution in [2.45, 2.75) is 33.4 Å². The number of aromatic nitrogens is 1. The lowest BCUT2D eigenvalue weighted by Gasteiger charge is -2.26. The van der Waals surface area contributed by atoms with E-state index >= 15 is 0 Å². The van der Waals surface area contributed by atoms with Crippen LogP contribution in [0.5, 0.6) is 0 Å². The van der Waals surface area contributed by atoms with E-state index in [2.05, 4.69) is 28.6 Å². The Morgan fingerprint density at radius 1 is 1.17 bits per heavy atom. The van der Waals surface area contributed by atoms with Crippen LogP contribution < -0.4 is 4.90 Å². The number of nitrogens with zero attached hydrogens (tertiary/aromatic N) is 4. The lowest BCUT2D eigenvalue weighted by atomic mass is 10.0. The first kappa shape index (κ1) is 22.0. The average Bonchev–Trinajstić information content (AvgIpc) is 3.18. The van der Waals surface area contributed by atoms with E-state index in [9.17, 15) is 18.0 Å². The van der Waals surface area contributed by atoms with Crippen LogP contribution in [-0.2, 0) is 11.0 Å². The van der Waals surface area contributed by atoms with Gasteiger partial charge in [-0.3, -0.25) is 9.69 Å². The van der Waals surface area contributed by atoms with Crippen LogP contribution in [0.15, 0.2) is 18.2 Å². The molecule has 2 atom stereocenters. The van der Waals surface area contributed by atoms with Crippen molar-refractivity contribution in [1.29, 1.82) is 0 Å². The smallest absolute Gasteiger partial charge is 0.302 e.